The summed E-state index contributed by atoms with van der Waals surface area (Å²) >= 11 is 0. The van der Waals surface area contributed by atoms with Crippen molar-refractivity contribution in [3.8, 4) is 17.7 Å². The number of carbonyl (C=O) groups is 1. The molecule has 1 aliphatic rings. The lowest BCUT2D eigenvalue weighted by atomic mass is 9.99. The molecule has 0 aliphatic carbocycles. The van der Waals surface area contributed by atoms with Crippen molar-refractivity contribution in [2.45, 2.75) is 45.6 Å². The van der Waals surface area contributed by atoms with Crippen molar-refractivity contribution in [1.29, 1.82) is 0 Å². The first-order valence-corrected chi connectivity index (χ1v) is 11.4. The van der Waals surface area contributed by atoms with Crippen LogP contribution in [0.15, 0.2) is 36.5 Å². The van der Waals surface area contributed by atoms with Gasteiger partial charge in [0.05, 0.1) is 12.6 Å². The third kappa shape index (κ3) is 6.54. The molecule has 7 nitrogen and oxygen atoms in total. The molecule has 2 N–H and O–H groups in total. The molecular weight excluding hydrogens is 437 g/mol. The molecule has 0 bridgehead atoms. The molecule has 1 aromatic heterocycles. The third-order valence-electron chi connectivity index (χ3n) is 5.78. The average Bonchev–Trinajstić information content (AvgIpc) is 2.79. The lowest BCUT2D eigenvalue weighted by molar-refractivity contribution is 0.0325. The highest BCUT2D eigenvalue weighted by Crippen LogP contribution is 2.27. The van der Waals surface area contributed by atoms with E-state index in [1.54, 1.807) is 30.9 Å². The summed E-state index contributed by atoms with van der Waals surface area (Å²) in [7, 11) is 1.93. The number of amides is 1. The number of nitrogens with zero attached hydrogens (tertiary/aromatic N) is 3. The van der Waals surface area contributed by atoms with Crippen LogP contribution in [0.2, 0.25) is 0 Å². The molecule has 1 aromatic carbocycles. The second-order valence-corrected chi connectivity index (χ2v) is 8.97. The monoisotopic (exact) mass is 469 g/mol. The summed E-state index contributed by atoms with van der Waals surface area (Å²) in [5.41, 5.74) is 1.61. The van der Waals surface area contributed by atoms with Gasteiger partial charge in [-0.05, 0) is 44.7 Å². The van der Waals surface area contributed by atoms with Gasteiger partial charge in [-0.3, -0.25) is 9.69 Å². The Kier molecular flexibility index (Phi) is 8.61. The first kappa shape index (κ1) is 25.6. The summed E-state index contributed by atoms with van der Waals surface area (Å²) in [5, 5.41) is 19.2. The SMILES string of the molecule is C[C@H](O)C#Cc1cnc2c(c1)C(=O)N([C@H](C)CO)C[C@@H](C)[C@@H](CN(C)Cc1cccc(F)c1)O2. The second kappa shape index (κ2) is 11.4. The van der Waals surface area contributed by atoms with Crippen molar-refractivity contribution in [2.24, 2.45) is 5.92 Å². The van der Waals surface area contributed by atoms with Gasteiger partial charge in [-0.1, -0.05) is 30.9 Å². The number of halogens is 1. The van der Waals surface area contributed by atoms with Crippen LogP contribution in [-0.4, -0.2) is 75.9 Å². The lowest BCUT2D eigenvalue weighted by Gasteiger charge is -2.37. The highest BCUT2D eigenvalue weighted by molar-refractivity contribution is 5.97. The number of hydrogen-bond donors (Lipinski definition) is 2. The molecule has 4 atom stereocenters. The van der Waals surface area contributed by atoms with Gasteiger partial charge in [-0.25, -0.2) is 9.37 Å². The number of aromatic nitrogens is 1. The largest absolute Gasteiger partial charge is 0.472 e. The highest BCUT2D eigenvalue weighted by Gasteiger charge is 2.34. The number of aliphatic hydroxyl groups is 2. The van der Waals surface area contributed by atoms with Crippen LogP contribution in [0, 0.1) is 23.6 Å². The maximum Gasteiger partial charge on any atom is 0.259 e. The zero-order chi connectivity index (χ0) is 24.8. The van der Waals surface area contributed by atoms with Gasteiger partial charge in [0.15, 0.2) is 0 Å². The number of rotatable bonds is 6. The molecule has 0 radical (unpaired) electrons. The van der Waals surface area contributed by atoms with E-state index in [-0.39, 0.29) is 41.8 Å². The second-order valence-electron chi connectivity index (χ2n) is 8.97. The molecule has 0 spiro atoms. The van der Waals surface area contributed by atoms with Gasteiger partial charge in [-0.15, -0.1) is 0 Å². The first-order chi connectivity index (χ1) is 16.2. The Balaban J connectivity index is 1.90. The van der Waals surface area contributed by atoms with Gasteiger partial charge in [-0.2, -0.15) is 0 Å². The van der Waals surface area contributed by atoms with Crippen LogP contribution in [0.5, 0.6) is 5.88 Å². The number of fused-ring (bicyclic) bond motifs is 1. The van der Waals surface area contributed by atoms with Gasteiger partial charge in [0.1, 0.15) is 23.6 Å². The van der Waals surface area contributed by atoms with Crippen LogP contribution in [0.4, 0.5) is 4.39 Å². The van der Waals surface area contributed by atoms with Gasteiger partial charge in [0.2, 0.25) is 5.88 Å². The smallest absolute Gasteiger partial charge is 0.259 e. The Morgan fingerprint density at radius 3 is 2.79 bits per heavy atom. The molecule has 0 unspecified atom stereocenters. The van der Waals surface area contributed by atoms with E-state index in [0.29, 0.717) is 25.2 Å². The van der Waals surface area contributed by atoms with Gasteiger partial charge >= 0.3 is 0 Å². The van der Waals surface area contributed by atoms with Crippen molar-refractivity contribution >= 4 is 5.91 Å². The van der Waals surface area contributed by atoms with Gasteiger partial charge in [0.25, 0.3) is 5.91 Å². The van der Waals surface area contributed by atoms with Crippen LogP contribution >= 0.6 is 0 Å². The molecule has 0 saturated heterocycles. The van der Waals surface area contributed by atoms with E-state index in [1.807, 2.05) is 24.9 Å². The maximum atomic E-state index is 13.6. The number of aliphatic hydroxyl groups excluding tert-OH is 2. The van der Waals surface area contributed by atoms with Crippen molar-refractivity contribution < 1.29 is 24.1 Å². The van der Waals surface area contributed by atoms with E-state index in [1.165, 1.54) is 18.3 Å². The minimum Gasteiger partial charge on any atom is -0.472 e. The molecule has 8 heteroatoms. The summed E-state index contributed by atoms with van der Waals surface area (Å²) in [4.78, 5) is 21.4. The number of ether oxygens (including phenoxy) is 1. The van der Waals surface area contributed by atoms with Crippen LogP contribution in [0.25, 0.3) is 0 Å². The molecule has 1 aliphatic heterocycles. The number of benzene rings is 1. The van der Waals surface area contributed by atoms with Crippen LogP contribution in [0.1, 0.15) is 42.3 Å². The number of hydrogen-bond acceptors (Lipinski definition) is 6. The fourth-order valence-corrected chi connectivity index (χ4v) is 3.90. The van der Waals surface area contributed by atoms with Crippen LogP contribution in [0.3, 0.4) is 0 Å². The van der Waals surface area contributed by atoms with E-state index < -0.39 is 12.1 Å². The average molecular weight is 470 g/mol. The predicted octanol–water partition coefficient (Wildman–Crippen LogP) is 2.31. The zero-order valence-electron chi connectivity index (χ0n) is 20.0. The van der Waals surface area contributed by atoms with E-state index >= 15 is 0 Å². The summed E-state index contributed by atoms with van der Waals surface area (Å²) in [6.07, 6.45) is 0.403. The molecule has 2 aromatic rings. The fraction of sp³-hybridized carbons (Fsp3) is 0.462. The number of pyridine rings is 1. The molecule has 1 amide bonds. The van der Waals surface area contributed by atoms with Crippen molar-refractivity contribution in [3.05, 3.63) is 59.0 Å². The first-order valence-electron chi connectivity index (χ1n) is 11.4. The molecule has 182 valence electrons. The Bertz CT molecular complexity index is 1070. The summed E-state index contributed by atoms with van der Waals surface area (Å²) in [6.45, 7) is 6.63. The maximum absolute atomic E-state index is 13.6. The Hall–Kier alpha value is -2.99. The van der Waals surface area contributed by atoms with Crippen LogP contribution in [-0.2, 0) is 6.54 Å². The molecule has 2 heterocycles. The number of carbonyl (C=O) groups excluding carboxylic acids is 1. The predicted molar refractivity (Wildman–Crippen MR) is 127 cm³/mol. The van der Waals surface area contributed by atoms with Crippen molar-refractivity contribution in [3.63, 3.8) is 0 Å². The Morgan fingerprint density at radius 1 is 1.35 bits per heavy atom. The standard InChI is InChI=1S/C26H32FN3O4/c1-17-13-30(18(2)16-31)26(33)23-11-20(9-8-19(3)32)12-28-25(23)34-24(17)15-29(4)14-21-6-5-7-22(27)10-21/h5-7,10-12,17-19,24,31-32H,13-16H2,1-4H3/t17-,18-,19+,24-/m1/s1. The Labute approximate surface area is 200 Å². The molecular formula is C26H32FN3O4. The normalized spacial score (nSPS) is 19.9. The van der Waals surface area contributed by atoms with Gasteiger partial charge < -0.3 is 19.8 Å². The van der Waals surface area contributed by atoms with Crippen LogP contribution < -0.4 is 4.74 Å². The zero-order valence-corrected chi connectivity index (χ0v) is 20.0. The lowest BCUT2D eigenvalue weighted by Crippen LogP contribution is -2.49. The quantitative estimate of drug-likeness (QED) is 0.632. The molecule has 3 rings (SSSR count). The summed E-state index contributed by atoms with van der Waals surface area (Å²) < 4.78 is 19.8. The third-order valence-corrected chi connectivity index (χ3v) is 5.78. The fourth-order valence-electron chi connectivity index (χ4n) is 3.90. The molecule has 0 fully saturated rings. The minimum atomic E-state index is -0.807. The van der Waals surface area contributed by atoms with E-state index in [2.05, 4.69) is 16.8 Å². The van der Waals surface area contributed by atoms with Gasteiger partial charge in [0, 0.05) is 37.3 Å². The Morgan fingerprint density at radius 2 is 2.12 bits per heavy atom. The van der Waals surface area contributed by atoms with E-state index in [0.717, 1.165) is 5.56 Å². The number of likely N-dealkylation sites (N-methyl/N-ethyl adjacent to an activating group) is 1. The molecule has 0 saturated carbocycles. The van der Waals surface area contributed by atoms with Crippen molar-refractivity contribution in [1.82, 2.24) is 14.8 Å². The highest BCUT2D eigenvalue weighted by atomic mass is 19.1. The molecule has 34 heavy (non-hydrogen) atoms. The van der Waals surface area contributed by atoms with E-state index in [4.69, 9.17) is 4.74 Å². The minimum absolute atomic E-state index is 0.0578. The summed E-state index contributed by atoms with van der Waals surface area (Å²) in [5.74, 6) is 5.05. The summed E-state index contributed by atoms with van der Waals surface area (Å²) in [6, 6.07) is 7.71. The topological polar surface area (TPSA) is 86.1 Å². The van der Waals surface area contributed by atoms with Crippen molar-refractivity contribution in [2.75, 3.05) is 26.7 Å². The van der Waals surface area contributed by atoms with E-state index in [9.17, 15) is 19.4 Å².